The van der Waals surface area contributed by atoms with E-state index in [0.29, 0.717) is 31.1 Å². The van der Waals surface area contributed by atoms with Crippen LogP contribution in [0.15, 0.2) is 12.1 Å². The first kappa shape index (κ1) is 16.2. The Labute approximate surface area is 117 Å². The molecule has 0 aromatic carbocycles. The molecule has 0 aliphatic carbocycles. The topological polar surface area (TPSA) is 114 Å². The van der Waals surface area contributed by atoms with Gasteiger partial charge in [0.1, 0.15) is 21.5 Å². The van der Waals surface area contributed by atoms with Gasteiger partial charge in [0.05, 0.1) is 22.8 Å². The van der Waals surface area contributed by atoms with E-state index in [0.717, 1.165) is 0 Å². The van der Waals surface area contributed by atoms with Crippen molar-refractivity contribution in [2.75, 3.05) is 35.7 Å². The van der Waals surface area contributed by atoms with Crippen molar-refractivity contribution in [1.82, 2.24) is 4.98 Å². The fraction of sp³-hybridized carbons (Fsp3) is 0.545. The highest BCUT2D eigenvalue weighted by atomic mass is 32.2. The summed E-state index contributed by atoms with van der Waals surface area (Å²) in [7, 11) is -3.00. The molecule has 112 valence electrons. The average Bonchev–Trinajstić information content (AvgIpc) is 2.33. The molecule has 9 heteroatoms. The van der Waals surface area contributed by atoms with Crippen molar-refractivity contribution in [2.24, 2.45) is 0 Å². The summed E-state index contributed by atoms with van der Waals surface area (Å²) in [5, 5.41) is 16.6. The summed E-state index contributed by atoms with van der Waals surface area (Å²) >= 11 is 0. The Morgan fingerprint density at radius 2 is 1.90 bits per heavy atom. The van der Waals surface area contributed by atoms with Crippen LogP contribution in [0.1, 0.15) is 13.3 Å². The molecule has 0 saturated heterocycles. The molecule has 0 unspecified atom stereocenters. The van der Waals surface area contributed by atoms with Crippen molar-refractivity contribution < 1.29 is 13.3 Å². The number of sulfone groups is 1. The second kappa shape index (κ2) is 7.04. The van der Waals surface area contributed by atoms with E-state index in [4.69, 9.17) is 0 Å². The standard InChI is InChI=1S/C11H18N4O4S/c1-3-12-10-7-9(15(16)17)8-11(14-10)13-5-4-6-20(2,18)19/h7-8H,3-6H2,1-2H3,(H2,12,13,14). The van der Waals surface area contributed by atoms with Crippen molar-refractivity contribution in [3.05, 3.63) is 22.2 Å². The predicted molar refractivity (Wildman–Crippen MR) is 77.9 cm³/mol. The van der Waals surface area contributed by atoms with Gasteiger partial charge in [-0.15, -0.1) is 0 Å². The Morgan fingerprint density at radius 1 is 1.30 bits per heavy atom. The van der Waals surface area contributed by atoms with Gasteiger partial charge in [0.25, 0.3) is 5.69 Å². The molecule has 0 bridgehead atoms. The molecule has 1 aromatic heterocycles. The molecule has 0 saturated carbocycles. The minimum atomic E-state index is -3.00. The van der Waals surface area contributed by atoms with Crippen molar-refractivity contribution in [3.63, 3.8) is 0 Å². The van der Waals surface area contributed by atoms with Crippen LogP contribution in [0.4, 0.5) is 17.3 Å². The van der Waals surface area contributed by atoms with E-state index in [2.05, 4.69) is 15.6 Å². The lowest BCUT2D eigenvalue weighted by Gasteiger charge is -2.08. The molecular weight excluding hydrogens is 284 g/mol. The number of rotatable bonds is 8. The molecule has 0 aliphatic rings. The number of hydrogen-bond donors (Lipinski definition) is 2. The Hall–Kier alpha value is -1.90. The van der Waals surface area contributed by atoms with E-state index < -0.39 is 14.8 Å². The first-order valence-corrected chi connectivity index (χ1v) is 8.20. The van der Waals surface area contributed by atoms with Crippen LogP contribution >= 0.6 is 0 Å². The molecule has 1 rings (SSSR count). The third kappa shape index (κ3) is 5.83. The maximum absolute atomic E-state index is 11.0. The van der Waals surface area contributed by atoms with Gasteiger partial charge in [0.15, 0.2) is 0 Å². The van der Waals surface area contributed by atoms with Gasteiger partial charge in [0.2, 0.25) is 0 Å². The van der Waals surface area contributed by atoms with Gasteiger partial charge in [-0.05, 0) is 13.3 Å². The fourth-order valence-corrected chi connectivity index (χ4v) is 2.20. The average molecular weight is 302 g/mol. The molecular formula is C11H18N4O4S. The van der Waals surface area contributed by atoms with Gasteiger partial charge >= 0.3 is 0 Å². The Balaban J connectivity index is 2.71. The first-order chi connectivity index (χ1) is 9.31. The van der Waals surface area contributed by atoms with Crippen molar-refractivity contribution in [3.8, 4) is 0 Å². The van der Waals surface area contributed by atoms with Gasteiger partial charge in [0, 0.05) is 19.3 Å². The second-order valence-electron chi connectivity index (χ2n) is 4.29. The maximum Gasteiger partial charge on any atom is 0.276 e. The largest absolute Gasteiger partial charge is 0.370 e. The second-order valence-corrected chi connectivity index (χ2v) is 6.55. The quantitative estimate of drug-likeness (QED) is 0.422. The summed E-state index contributed by atoms with van der Waals surface area (Å²) in [4.78, 5) is 14.5. The zero-order valence-electron chi connectivity index (χ0n) is 11.4. The van der Waals surface area contributed by atoms with Crippen LogP contribution in [0.25, 0.3) is 0 Å². The molecule has 8 nitrogen and oxygen atoms in total. The van der Waals surface area contributed by atoms with Gasteiger partial charge < -0.3 is 10.6 Å². The Morgan fingerprint density at radius 3 is 2.40 bits per heavy atom. The summed E-state index contributed by atoms with van der Waals surface area (Å²) in [6.07, 6.45) is 1.58. The van der Waals surface area contributed by atoms with E-state index in [1.165, 1.54) is 18.4 Å². The number of hydrogen-bond acceptors (Lipinski definition) is 7. The zero-order chi connectivity index (χ0) is 15.2. The highest BCUT2D eigenvalue weighted by Crippen LogP contribution is 2.20. The van der Waals surface area contributed by atoms with E-state index in [1.54, 1.807) is 0 Å². The van der Waals surface area contributed by atoms with Crippen LogP contribution in [0.3, 0.4) is 0 Å². The number of anilines is 2. The number of pyridine rings is 1. The lowest BCUT2D eigenvalue weighted by molar-refractivity contribution is -0.384. The van der Waals surface area contributed by atoms with Gasteiger partial charge in [-0.25, -0.2) is 13.4 Å². The number of nitrogens with zero attached hydrogens (tertiary/aromatic N) is 2. The summed E-state index contributed by atoms with van der Waals surface area (Å²) in [5.74, 6) is 0.825. The van der Waals surface area contributed by atoms with Gasteiger partial charge in [-0.1, -0.05) is 0 Å². The van der Waals surface area contributed by atoms with Crippen LogP contribution in [0.2, 0.25) is 0 Å². The molecule has 0 spiro atoms. The summed E-state index contributed by atoms with van der Waals surface area (Å²) < 4.78 is 22.0. The lowest BCUT2D eigenvalue weighted by atomic mass is 10.3. The van der Waals surface area contributed by atoms with Crippen LogP contribution in [0.5, 0.6) is 0 Å². The zero-order valence-corrected chi connectivity index (χ0v) is 12.2. The van der Waals surface area contributed by atoms with E-state index in [9.17, 15) is 18.5 Å². The van der Waals surface area contributed by atoms with Crippen LogP contribution in [0, 0.1) is 10.1 Å². The molecule has 0 fully saturated rings. The highest BCUT2D eigenvalue weighted by Gasteiger charge is 2.11. The predicted octanol–water partition coefficient (Wildman–Crippen LogP) is 1.27. The molecule has 1 heterocycles. The minimum Gasteiger partial charge on any atom is -0.370 e. The van der Waals surface area contributed by atoms with Crippen molar-refractivity contribution >= 4 is 27.2 Å². The van der Waals surface area contributed by atoms with Gasteiger partial charge in [-0.2, -0.15) is 0 Å². The van der Waals surface area contributed by atoms with E-state index >= 15 is 0 Å². The Kier molecular flexibility index (Phi) is 5.68. The Bertz CT molecular complexity index is 574. The molecule has 0 aliphatic heterocycles. The lowest BCUT2D eigenvalue weighted by Crippen LogP contribution is -2.11. The molecule has 2 N–H and O–H groups in total. The molecule has 1 aromatic rings. The first-order valence-electron chi connectivity index (χ1n) is 6.14. The van der Waals surface area contributed by atoms with Gasteiger partial charge in [-0.3, -0.25) is 10.1 Å². The highest BCUT2D eigenvalue weighted by molar-refractivity contribution is 7.90. The summed E-state index contributed by atoms with van der Waals surface area (Å²) in [6, 6.07) is 2.67. The molecule has 0 atom stereocenters. The molecule has 0 radical (unpaired) electrons. The van der Waals surface area contributed by atoms with Crippen LogP contribution in [-0.2, 0) is 9.84 Å². The smallest absolute Gasteiger partial charge is 0.276 e. The normalized spacial score (nSPS) is 11.1. The van der Waals surface area contributed by atoms with E-state index in [1.807, 2.05) is 6.92 Å². The van der Waals surface area contributed by atoms with E-state index in [-0.39, 0.29) is 11.4 Å². The maximum atomic E-state index is 11.0. The summed E-state index contributed by atoms with van der Waals surface area (Å²) in [5.41, 5.74) is -0.0680. The minimum absolute atomic E-state index is 0.0645. The fourth-order valence-electron chi connectivity index (χ4n) is 1.53. The SMILES string of the molecule is CCNc1cc([N+](=O)[O-])cc(NCCCS(C)(=O)=O)n1. The number of nitrogens with one attached hydrogen (secondary N) is 2. The van der Waals surface area contributed by atoms with Crippen LogP contribution in [-0.4, -0.2) is 43.4 Å². The van der Waals surface area contributed by atoms with Crippen molar-refractivity contribution in [2.45, 2.75) is 13.3 Å². The number of aromatic nitrogens is 1. The number of nitro groups is 1. The van der Waals surface area contributed by atoms with Crippen molar-refractivity contribution in [1.29, 1.82) is 0 Å². The molecule has 0 amide bonds. The third-order valence-electron chi connectivity index (χ3n) is 2.38. The monoisotopic (exact) mass is 302 g/mol. The third-order valence-corrected chi connectivity index (χ3v) is 3.41. The summed E-state index contributed by atoms with van der Waals surface area (Å²) in [6.45, 7) is 2.84. The van der Waals surface area contributed by atoms with Crippen LogP contribution < -0.4 is 10.6 Å². The molecule has 20 heavy (non-hydrogen) atoms.